The summed E-state index contributed by atoms with van der Waals surface area (Å²) in [6.45, 7) is 2.01. The molecule has 1 aromatic rings. The first-order valence-electron chi connectivity index (χ1n) is 6.09. The lowest BCUT2D eigenvalue weighted by Gasteiger charge is -2.14. The van der Waals surface area contributed by atoms with Crippen molar-refractivity contribution in [2.45, 2.75) is 12.7 Å². The summed E-state index contributed by atoms with van der Waals surface area (Å²) in [7, 11) is 0. The number of amides is 1. The van der Waals surface area contributed by atoms with Gasteiger partial charge >= 0.3 is 6.09 Å². The van der Waals surface area contributed by atoms with Crippen molar-refractivity contribution >= 4 is 18.5 Å². The lowest BCUT2D eigenvalue weighted by molar-refractivity contribution is 0.125. The zero-order valence-corrected chi connectivity index (χ0v) is 11.4. The number of β-amino-alcohol motifs (C(OH)–C–C–N with tert-alkyl or cyclic N) is 1. The van der Waals surface area contributed by atoms with Gasteiger partial charge in [-0.05, 0) is 5.56 Å². The average Bonchev–Trinajstić information content (AvgIpc) is 2.81. The summed E-state index contributed by atoms with van der Waals surface area (Å²) in [6.07, 6.45) is -0.836. The topological polar surface area (TPSA) is 70.6 Å². The number of halogens is 1. The van der Waals surface area contributed by atoms with Gasteiger partial charge in [-0.25, -0.2) is 4.79 Å². The molecule has 0 saturated carbocycles. The van der Waals surface area contributed by atoms with Crippen LogP contribution in [-0.2, 0) is 11.3 Å². The van der Waals surface area contributed by atoms with Crippen molar-refractivity contribution in [1.82, 2.24) is 10.6 Å². The van der Waals surface area contributed by atoms with Gasteiger partial charge in [-0.15, -0.1) is 12.4 Å². The molecule has 2 atom stereocenters. The maximum absolute atomic E-state index is 11.4. The highest BCUT2D eigenvalue weighted by Crippen LogP contribution is 2.07. The van der Waals surface area contributed by atoms with Crippen LogP contribution in [0.4, 0.5) is 4.79 Å². The minimum absolute atomic E-state index is 0. The first-order chi connectivity index (χ1) is 8.75. The Morgan fingerprint density at radius 2 is 2.11 bits per heavy atom. The molecule has 1 saturated heterocycles. The molecule has 0 bridgehead atoms. The van der Waals surface area contributed by atoms with E-state index >= 15 is 0 Å². The third kappa shape index (κ3) is 5.06. The zero-order chi connectivity index (χ0) is 12.8. The third-order valence-corrected chi connectivity index (χ3v) is 3.03. The molecule has 1 aliphatic rings. The SMILES string of the molecule is Cl.O=C(NC[C@H]1CNC[C@H]1O)OCc1ccccc1. The molecule has 1 fully saturated rings. The predicted octanol–water partition coefficient (Wildman–Crippen LogP) is 0.915. The second-order valence-corrected chi connectivity index (χ2v) is 4.43. The summed E-state index contributed by atoms with van der Waals surface area (Å²) in [5.41, 5.74) is 0.954. The molecule has 6 heteroatoms. The average molecular weight is 287 g/mol. The maximum atomic E-state index is 11.4. The van der Waals surface area contributed by atoms with E-state index in [2.05, 4.69) is 10.6 Å². The van der Waals surface area contributed by atoms with Crippen molar-refractivity contribution < 1.29 is 14.6 Å². The number of aliphatic hydroxyl groups excluding tert-OH is 1. The minimum Gasteiger partial charge on any atom is -0.445 e. The van der Waals surface area contributed by atoms with Crippen molar-refractivity contribution in [1.29, 1.82) is 0 Å². The molecule has 0 unspecified atom stereocenters. The Bertz CT molecular complexity index is 389. The Kier molecular flexibility index (Phi) is 6.62. The number of carbonyl (C=O) groups excluding carboxylic acids is 1. The summed E-state index contributed by atoms with van der Waals surface area (Å²) in [4.78, 5) is 11.4. The third-order valence-electron chi connectivity index (χ3n) is 3.03. The van der Waals surface area contributed by atoms with Crippen molar-refractivity contribution in [3.63, 3.8) is 0 Å². The Labute approximate surface area is 118 Å². The molecule has 0 aromatic heterocycles. The number of carbonyl (C=O) groups is 1. The van der Waals surface area contributed by atoms with Gasteiger partial charge < -0.3 is 20.5 Å². The second-order valence-electron chi connectivity index (χ2n) is 4.43. The Morgan fingerprint density at radius 1 is 1.37 bits per heavy atom. The summed E-state index contributed by atoms with van der Waals surface area (Å²) in [6, 6.07) is 9.52. The van der Waals surface area contributed by atoms with Gasteiger partial charge in [0.25, 0.3) is 0 Å². The number of aliphatic hydroxyl groups is 1. The molecular weight excluding hydrogens is 268 g/mol. The molecular formula is C13H19ClN2O3. The molecule has 0 radical (unpaired) electrons. The first-order valence-corrected chi connectivity index (χ1v) is 6.09. The number of nitrogens with one attached hydrogen (secondary N) is 2. The number of ether oxygens (including phenoxy) is 1. The van der Waals surface area contributed by atoms with Crippen LogP contribution >= 0.6 is 12.4 Å². The first kappa shape index (κ1) is 15.8. The Morgan fingerprint density at radius 3 is 2.74 bits per heavy atom. The highest BCUT2D eigenvalue weighted by Gasteiger charge is 2.25. The van der Waals surface area contributed by atoms with Gasteiger partial charge in [0.2, 0.25) is 0 Å². The van der Waals surface area contributed by atoms with Crippen molar-refractivity contribution in [3.05, 3.63) is 35.9 Å². The quantitative estimate of drug-likeness (QED) is 0.770. The van der Waals surface area contributed by atoms with Crippen LogP contribution in [0.25, 0.3) is 0 Å². The molecule has 0 spiro atoms. The van der Waals surface area contributed by atoms with E-state index in [1.165, 1.54) is 0 Å². The number of benzene rings is 1. The normalized spacial score (nSPS) is 21.5. The van der Waals surface area contributed by atoms with Gasteiger partial charge in [-0.2, -0.15) is 0 Å². The summed E-state index contributed by atoms with van der Waals surface area (Å²) >= 11 is 0. The van der Waals surface area contributed by atoms with Crippen LogP contribution in [0.1, 0.15) is 5.56 Å². The monoisotopic (exact) mass is 286 g/mol. The fraction of sp³-hybridized carbons (Fsp3) is 0.462. The van der Waals surface area contributed by atoms with Gasteiger partial charge in [0, 0.05) is 25.6 Å². The van der Waals surface area contributed by atoms with Crippen LogP contribution in [0.15, 0.2) is 30.3 Å². The Hall–Kier alpha value is -1.30. The highest BCUT2D eigenvalue weighted by molar-refractivity contribution is 5.85. The van der Waals surface area contributed by atoms with Gasteiger partial charge in [0.15, 0.2) is 0 Å². The second kappa shape index (κ2) is 7.99. The van der Waals surface area contributed by atoms with Crippen LogP contribution in [0.2, 0.25) is 0 Å². The van der Waals surface area contributed by atoms with Gasteiger partial charge in [0.1, 0.15) is 6.61 Å². The Balaban J connectivity index is 0.00000180. The fourth-order valence-electron chi connectivity index (χ4n) is 1.92. The van der Waals surface area contributed by atoms with Crippen LogP contribution in [0.5, 0.6) is 0 Å². The van der Waals surface area contributed by atoms with Gasteiger partial charge in [-0.1, -0.05) is 30.3 Å². The van der Waals surface area contributed by atoms with Crippen LogP contribution in [-0.4, -0.2) is 36.9 Å². The molecule has 1 aliphatic heterocycles. The molecule has 106 valence electrons. The molecule has 1 aromatic carbocycles. The number of hydrogen-bond donors (Lipinski definition) is 3. The number of rotatable bonds is 4. The highest BCUT2D eigenvalue weighted by atomic mass is 35.5. The summed E-state index contributed by atoms with van der Waals surface area (Å²) in [5, 5.41) is 15.3. The fourth-order valence-corrected chi connectivity index (χ4v) is 1.92. The molecule has 1 heterocycles. The minimum atomic E-state index is -0.446. The molecule has 2 rings (SSSR count). The van der Waals surface area contributed by atoms with E-state index in [4.69, 9.17) is 4.74 Å². The molecule has 1 amide bonds. The van der Waals surface area contributed by atoms with E-state index in [1.807, 2.05) is 30.3 Å². The number of alkyl carbamates (subject to hydrolysis) is 1. The van der Waals surface area contributed by atoms with E-state index in [9.17, 15) is 9.90 Å². The van der Waals surface area contributed by atoms with Gasteiger partial charge in [0.05, 0.1) is 6.10 Å². The smallest absolute Gasteiger partial charge is 0.407 e. The summed E-state index contributed by atoms with van der Waals surface area (Å²) < 4.78 is 5.07. The standard InChI is InChI=1S/C13H18N2O3.ClH/c16-12-8-14-6-11(12)7-15-13(17)18-9-10-4-2-1-3-5-10;/h1-5,11-12,14,16H,6-9H2,(H,15,17);1H/t11-,12-;/m1./s1. The van der Waals surface area contributed by atoms with E-state index in [0.717, 1.165) is 12.1 Å². The van der Waals surface area contributed by atoms with Crippen molar-refractivity contribution in [3.8, 4) is 0 Å². The van der Waals surface area contributed by atoms with Crippen LogP contribution in [0, 0.1) is 5.92 Å². The lowest BCUT2D eigenvalue weighted by Crippen LogP contribution is -2.34. The van der Waals surface area contributed by atoms with Crippen LogP contribution in [0.3, 0.4) is 0 Å². The van der Waals surface area contributed by atoms with E-state index in [0.29, 0.717) is 13.1 Å². The zero-order valence-electron chi connectivity index (χ0n) is 10.5. The lowest BCUT2D eigenvalue weighted by atomic mass is 10.1. The maximum Gasteiger partial charge on any atom is 0.407 e. The van der Waals surface area contributed by atoms with E-state index in [-0.39, 0.29) is 31.0 Å². The number of hydrogen-bond acceptors (Lipinski definition) is 4. The summed E-state index contributed by atoms with van der Waals surface area (Å²) in [5.74, 6) is 0.0641. The molecule has 0 aliphatic carbocycles. The molecule has 3 N–H and O–H groups in total. The molecule has 5 nitrogen and oxygen atoms in total. The van der Waals surface area contributed by atoms with Crippen molar-refractivity contribution in [2.75, 3.05) is 19.6 Å². The van der Waals surface area contributed by atoms with E-state index < -0.39 is 6.09 Å². The predicted molar refractivity (Wildman–Crippen MR) is 74.2 cm³/mol. The van der Waals surface area contributed by atoms with Gasteiger partial charge in [-0.3, -0.25) is 0 Å². The molecule has 19 heavy (non-hydrogen) atoms. The largest absolute Gasteiger partial charge is 0.445 e. The van der Waals surface area contributed by atoms with Crippen molar-refractivity contribution in [2.24, 2.45) is 5.92 Å². The van der Waals surface area contributed by atoms with Crippen LogP contribution < -0.4 is 10.6 Å². The van der Waals surface area contributed by atoms with E-state index in [1.54, 1.807) is 0 Å².